The van der Waals surface area contributed by atoms with Crippen molar-refractivity contribution in [3.8, 4) is 5.75 Å². The van der Waals surface area contributed by atoms with Crippen LogP contribution in [-0.4, -0.2) is 30.8 Å². The molecule has 3 nitrogen and oxygen atoms in total. The predicted octanol–water partition coefficient (Wildman–Crippen LogP) is 3.15. The van der Waals surface area contributed by atoms with Crippen molar-refractivity contribution in [2.24, 2.45) is 11.5 Å². The number of benzene rings is 1. The number of ether oxygens (including phenoxy) is 1. The van der Waals surface area contributed by atoms with Gasteiger partial charge in [-0.3, -0.25) is 0 Å². The Hall–Kier alpha value is -1.62. The van der Waals surface area contributed by atoms with Crippen LogP contribution in [0, 0.1) is 0 Å². The second-order valence-corrected chi connectivity index (χ2v) is 4.83. The molecule has 0 radical (unpaired) electrons. The van der Waals surface area contributed by atoms with Gasteiger partial charge in [-0.1, -0.05) is 6.07 Å². The van der Waals surface area contributed by atoms with Gasteiger partial charge < -0.3 is 16.2 Å². The second kappa shape index (κ2) is 7.09. The first-order chi connectivity index (χ1) is 10.9. The smallest absolute Gasteiger partial charge is 0.381 e. The van der Waals surface area contributed by atoms with Crippen LogP contribution in [0.25, 0.3) is 0 Å². The van der Waals surface area contributed by atoms with E-state index >= 15 is 0 Å². The topological polar surface area (TPSA) is 61.3 Å². The molecule has 1 rings (SSSR count). The molecule has 11 heteroatoms. The maximum Gasteiger partial charge on any atom is 0.381 e. The summed E-state index contributed by atoms with van der Waals surface area (Å²) in [6, 6.07) is 3.52. The molecule has 1 aromatic carbocycles. The zero-order valence-corrected chi connectivity index (χ0v) is 12.0. The van der Waals surface area contributed by atoms with E-state index in [1.807, 2.05) is 0 Å². The fourth-order valence-corrected chi connectivity index (χ4v) is 1.73. The molecular formula is C13H14F8N2O. The molecule has 0 amide bonds. The van der Waals surface area contributed by atoms with Gasteiger partial charge in [0.05, 0.1) is 0 Å². The molecule has 0 fully saturated rings. The molecule has 0 spiro atoms. The van der Waals surface area contributed by atoms with Crippen LogP contribution < -0.4 is 16.2 Å². The van der Waals surface area contributed by atoms with Crippen LogP contribution in [0.1, 0.15) is 11.1 Å². The lowest BCUT2D eigenvalue weighted by Gasteiger charge is -2.32. The number of rotatable bonds is 8. The van der Waals surface area contributed by atoms with E-state index in [-0.39, 0.29) is 18.8 Å². The molecule has 0 unspecified atom stereocenters. The predicted molar refractivity (Wildman–Crippen MR) is 68.6 cm³/mol. The Bertz CT molecular complexity index is 565. The fourth-order valence-electron chi connectivity index (χ4n) is 1.73. The quantitative estimate of drug-likeness (QED) is 0.695. The van der Waals surface area contributed by atoms with E-state index in [1.54, 1.807) is 0 Å². The van der Waals surface area contributed by atoms with E-state index in [9.17, 15) is 35.1 Å². The highest BCUT2D eigenvalue weighted by Gasteiger charge is 2.75. The Morgan fingerprint density at radius 3 is 1.92 bits per heavy atom. The molecule has 138 valence electrons. The van der Waals surface area contributed by atoms with Gasteiger partial charge in [0.2, 0.25) is 0 Å². The first-order valence-corrected chi connectivity index (χ1v) is 6.47. The molecule has 24 heavy (non-hydrogen) atoms. The molecule has 0 atom stereocenters. The summed E-state index contributed by atoms with van der Waals surface area (Å²) in [5.74, 6) is -18.4. The maximum absolute atomic E-state index is 13.3. The van der Waals surface area contributed by atoms with Crippen molar-refractivity contribution in [1.82, 2.24) is 0 Å². The third-order valence-electron chi connectivity index (χ3n) is 3.19. The third kappa shape index (κ3) is 3.72. The first kappa shape index (κ1) is 20.4. The van der Waals surface area contributed by atoms with Crippen molar-refractivity contribution in [3.63, 3.8) is 0 Å². The SMILES string of the molecule is NCc1ccc(OCC(F)(F)C(F)(F)C(F)(F)C(F)F)cc1CN. The van der Waals surface area contributed by atoms with E-state index in [0.717, 1.165) is 12.1 Å². The van der Waals surface area contributed by atoms with Gasteiger partial charge >= 0.3 is 24.2 Å². The summed E-state index contributed by atoms with van der Waals surface area (Å²) in [5, 5.41) is 0. The van der Waals surface area contributed by atoms with Gasteiger partial charge in [-0.2, -0.15) is 26.3 Å². The zero-order chi connectivity index (χ0) is 18.8. The highest BCUT2D eigenvalue weighted by molar-refractivity contribution is 5.35. The average molecular weight is 366 g/mol. The van der Waals surface area contributed by atoms with Crippen molar-refractivity contribution >= 4 is 0 Å². The molecule has 0 bridgehead atoms. The summed E-state index contributed by atoms with van der Waals surface area (Å²) in [6.45, 7) is -2.24. The zero-order valence-electron chi connectivity index (χ0n) is 12.0. The highest BCUT2D eigenvalue weighted by Crippen LogP contribution is 2.48. The molecule has 0 aliphatic carbocycles. The summed E-state index contributed by atoms with van der Waals surface area (Å²) in [7, 11) is 0. The number of halogens is 8. The minimum absolute atomic E-state index is 0.0572. The molecule has 4 N–H and O–H groups in total. The Kier molecular flexibility index (Phi) is 6.04. The molecule has 0 aromatic heterocycles. The summed E-state index contributed by atoms with van der Waals surface area (Å²) in [6.07, 6.45) is -4.97. The average Bonchev–Trinajstić information content (AvgIpc) is 2.52. The van der Waals surface area contributed by atoms with Crippen LogP contribution in [0.3, 0.4) is 0 Å². The van der Waals surface area contributed by atoms with E-state index in [0.29, 0.717) is 11.1 Å². The van der Waals surface area contributed by atoms with Crippen molar-refractivity contribution in [2.45, 2.75) is 37.3 Å². The van der Waals surface area contributed by atoms with Gasteiger partial charge in [-0.05, 0) is 23.3 Å². The van der Waals surface area contributed by atoms with Crippen molar-refractivity contribution in [3.05, 3.63) is 29.3 Å². The van der Waals surface area contributed by atoms with Gasteiger partial charge in [-0.15, -0.1) is 0 Å². The number of hydrogen-bond donors (Lipinski definition) is 2. The van der Waals surface area contributed by atoms with Gasteiger partial charge in [0, 0.05) is 13.1 Å². The van der Waals surface area contributed by atoms with E-state index in [2.05, 4.69) is 4.74 Å². The lowest BCUT2D eigenvalue weighted by molar-refractivity contribution is -0.342. The Labute approximate surface area is 131 Å². The van der Waals surface area contributed by atoms with Crippen LogP contribution in [0.2, 0.25) is 0 Å². The van der Waals surface area contributed by atoms with E-state index in [4.69, 9.17) is 11.5 Å². The van der Waals surface area contributed by atoms with Crippen molar-refractivity contribution < 1.29 is 39.9 Å². The van der Waals surface area contributed by atoms with Gasteiger partial charge in [0.25, 0.3) is 0 Å². The molecule has 1 aromatic rings. The first-order valence-electron chi connectivity index (χ1n) is 6.47. The summed E-state index contributed by atoms with van der Waals surface area (Å²) >= 11 is 0. The van der Waals surface area contributed by atoms with Crippen LogP contribution in [-0.2, 0) is 13.1 Å². The Morgan fingerprint density at radius 1 is 0.917 bits per heavy atom. The van der Waals surface area contributed by atoms with Crippen LogP contribution >= 0.6 is 0 Å². The highest BCUT2D eigenvalue weighted by atomic mass is 19.4. The number of alkyl halides is 8. The minimum Gasteiger partial charge on any atom is -0.487 e. The van der Waals surface area contributed by atoms with Crippen molar-refractivity contribution in [2.75, 3.05) is 6.61 Å². The summed E-state index contributed by atoms with van der Waals surface area (Å²) < 4.78 is 107. The molecule has 0 aliphatic rings. The lowest BCUT2D eigenvalue weighted by atomic mass is 10.1. The summed E-state index contributed by atoms with van der Waals surface area (Å²) in [5.41, 5.74) is 11.7. The largest absolute Gasteiger partial charge is 0.487 e. The maximum atomic E-state index is 13.3. The number of hydrogen-bond acceptors (Lipinski definition) is 3. The molecule has 0 heterocycles. The normalized spacial score (nSPS) is 13.5. The number of nitrogens with two attached hydrogens (primary N) is 2. The molecular weight excluding hydrogens is 352 g/mol. The van der Waals surface area contributed by atoms with E-state index < -0.39 is 30.8 Å². The van der Waals surface area contributed by atoms with E-state index in [1.165, 1.54) is 6.07 Å². The lowest BCUT2D eigenvalue weighted by Crippen LogP contribution is -2.59. The van der Waals surface area contributed by atoms with Crippen molar-refractivity contribution in [1.29, 1.82) is 0 Å². The van der Waals surface area contributed by atoms with Gasteiger partial charge in [0.1, 0.15) is 5.75 Å². The second-order valence-electron chi connectivity index (χ2n) is 4.83. The van der Waals surface area contributed by atoms with Crippen LogP contribution in [0.5, 0.6) is 5.75 Å². The van der Waals surface area contributed by atoms with Crippen LogP contribution in [0.15, 0.2) is 18.2 Å². The summed E-state index contributed by atoms with van der Waals surface area (Å²) in [4.78, 5) is 0. The monoisotopic (exact) mass is 366 g/mol. The Morgan fingerprint density at radius 2 is 1.46 bits per heavy atom. The van der Waals surface area contributed by atoms with Gasteiger partial charge in [-0.25, -0.2) is 8.78 Å². The van der Waals surface area contributed by atoms with Gasteiger partial charge in [0.15, 0.2) is 6.61 Å². The fraction of sp³-hybridized carbons (Fsp3) is 0.538. The molecule has 0 aliphatic heterocycles. The van der Waals surface area contributed by atoms with Crippen LogP contribution in [0.4, 0.5) is 35.1 Å². The molecule has 0 saturated carbocycles. The molecule has 0 saturated heterocycles. The Balaban J connectivity index is 2.96. The minimum atomic E-state index is -6.30. The third-order valence-corrected chi connectivity index (χ3v) is 3.19. The standard InChI is InChI=1S/C13H14F8N2O/c14-10(15)12(18,19)13(20,21)11(16,17)6-24-9-2-1-7(4-22)8(3-9)5-23/h1-3,10H,4-6,22-23H2.